The molecule has 1 aromatic carbocycles. The van der Waals surface area contributed by atoms with E-state index in [1.807, 2.05) is 12.1 Å². The minimum absolute atomic E-state index is 0.154. The maximum Gasteiger partial charge on any atom is 0.227 e. The molecule has 1 amide bonds. The normalized spacial score (nSPS) is 17.4. The molecule has 0 heterocycles. The monoisotopic (exact) mass is 260 g/mol. The number of benzene rings is 1. The van der Waals surface area contributed by atoms with E-state index in [1.54, 1.807) is 0 Å². The minimum Gasteiger partial charge on any atom is -0.355 e. The Balaban J connectivity index is 1.86. The van der Waals surface area contributed by atoms with Crippen molar-refractivity contribution in [2.45, 2.75) is 39.0 Å². The number of carbonyl (C=O) groups excluding carboxylic acids is 1. The molecule has 0 spiro atoms. The fourth-order valence-electron chi connectivity index (χ4n) is 2.96. The maximum atomic E-state index is 12.3. The lowest BCUT2D eigenvalue weighted by Crippen LogP contribution is -2.44. The predicted octanol–water partition coefficient (Wildman–Crippen LogP) is 2.17. The van der Waals surface area contributed by atoms with E-state index in [-0.39, 0.29) is 11.3 Å². The van der Waals surface area contributed by atoms with E-state index in [0.717, 1.165) is 32.1 Å². The molecule has 1 aliphatic carbocycles. The first-order valence-corrected chi connectivity index (χ1v) is 7.21. The van der Waals surface area contributed by atoms with Gasteiger partial charge in [-0.05, 0) is 37.3 Å². The highest BCUT2D eigenvalue weighted by Gasteiger charge is 2.39. The number of hydrogen-bond donors (Lipinski definition) is 2. The average molecular weight is 260 g/mol. The van der Waals surface area contributed by atoms with Crippen LogP contribution >= 0.6 is 0 Å². The molecule has 1 fully saturated rings. The van der Waals surface area contributed by atoms with Crippen molar-refractivity contribution >= 4 is 5.91 Å². The van der Waals surface area contributed by atoms with Crippen molar-refractivity contribution in [3.63, 3.8) is 0 Å². The summed E-state index contributed by atoms with van der Waals surface area (Å²) >= 11 is 0. The van der Waals surface area contributed by atoms with Crippen LogP contribution in [-0.4, -0.2) is 19.0 Å². The lowest BCUT2D eigenvalue weighted by atomic mass is 9.85. The van der Waals surface area contributed by atoms with Gasteiger partial charge in [0.15, 0.2) is 0 Å². The van der Waals surface area contributed by atoms with Crippen LogP contribution in [0.1, 0.15) is 36.8 Å². The molecule has 104 valence electrons. The first-order valence-electron chi connectivity index (χ1n) is 7.21. The van der Waals surface area contributed by atoms with Crippen LogP contribution in [0.5, 0.6) is 0 Å². The molecule has 19 heavy (non-hydrogen) atoms. The number of rotatable bonds is 5. The van der Waals surface area contributed by atoms with Gasteiger partial charge in [0.2, 0.25) is 5.91 Å². The van der Waals surface area contributed by atoms with Crippen molar-refractivity contribution in [3.8, 4) is 0 Å². The average Bonchev–Trinajstić information content (AvgIpc) is 2.91. The topological polar surface area (TPSA) is 55.1 Å². The van der Waals surface area contributed by atoms with Gasteiger partial charge < -0.3 is 11.1 Å². The van der Waals surface area contributed by atoms with Crippen molar-refractivity contribution in [1.29, 1.82) is 0 Å². The largest absolute Gasteiger partial charge is 0.355 e. The Morgan fingerprint density at radius 2 is 2.00 bits per heavy atom. The number of nitrogens with two attached hydrogens (primary N) is 1. The lowest BCUT2D eigenvalue weighted by molar-refractivity contribution is -0.130. The van der Waals surface area contributed by atoms with Gasteiger partial charge in [-0.2, -0.15) is 0 Å². The molecule has 0 aromatic heterocycles. The summed E-state index contributed by atoms with van der Waals surface area (Å²) in [5.74, 6) is 0.154. The summed E-state index contributed by atoms with van der Waals surface area (Å²) in [4.78, 5) is 12.3. The molecule has 3 N–H and O–H groups in total. The highest BCUT2D eigenvalue weighted by Crippen LogP contribution is 2.37. The molecule has 3 nitrogen and oxygen atoms in total. The smallest absolute Gasteiger partial charge is 0.227 e. The molecule has 0 radical (unpaired) electrons. The van der Waals surface area contributed by atoms with E-state index in [1.165, 1.54) is 11.1 Å². The van der Waals surface area contributed by atoms with Crippen LogP contribution in [0.4, 0.5) is 0 Å². The molecule has 1 saturated carbocycles. The Bertz CT molecular complexity index is 436. The van der Waals surface area contributed by atoms with Crippen molar-refractivity contribution in [2.75, 3.05) is 13.1 Å². The standard InChI is InChI=1S/C16H24N2O/c1-13-6-2-3-7-14(13)8-11-18-15(19)16(12-17)9-4-5-10-16/h2-3,6-7H,4-5,8-12,17H2,1H3,(H,18,19). The van der Waals surface area contributed by atoms with Gasteiger partial charge in [-0.3, -0.25) is 4.79 Å². The van der Waals surface area contributed by atoms with E-state index >= 15 is 0 Å². The zero-order valence-corrected chi connectivity index (χ0v) is 11.7. The molecule has 2 rings (SSSR count). The number of carbonyl (C=O) groups is 1. The zero-order valence-electron chi connectivity index (χ0n) is 11.7. The van der Waals surface area contributed by atoms with Gasteiger partial charge in [-0.25, -0.2) is 0 Å². The Labute approximate surface area is 115 Å². The molecule has 0 bridgehead atoms. The van der Waals surface area contributed by atoms with Crippen molar-refractivity contribution < 1.29 is 4.79 Å². The molecule has 0 saturated heterocycles. The number of nitrogens with one attached hydrogen (secondary N) is 1. The van der Waals surface area contributed by atoms with Gasteiger partial charge in [-0.15, -0.1) is 0 Å². The van der Waals surface area contributed by atoms with Gasteiger partial charge in [0.1, 0.15) is 0 Å². The summed E-state index contributed by atoms with van der Waals surface area (Å²) in [7, 11) is 0. The van der Waals surface area contributed by atoms with Crippen LogP contribution in [0, 0.1) is 12.3 Å². The van der Waals surface area contributed by atoms with E-state index in [9.17, 15) is 4.79 Å². The van der Waals surface area contributed by atoms with Crippen LogP contribution in [-0.2, 0) is 11.2 Å². The number of hydrogen-bond acceptors (Lipinski definition) is 2. The summed E-state index contributed by atoms with van der Waals surface area (Å²) in [5.41, 5.74) is 8.12. The quantitative estimate of drug-likeness (QED) is 0.852. The third-order valence-corrected chi connectivity index (χ3v) is 4.37. The highest BCUT2D eigenvalue weighted by atomic mass is 16.2. The zero-order chi connectivity index (χ0) is 13.7. The number of aryl methyl sites for hydroxylation is 1. The molecular formula is C16H24N2O. The van der Waals surface area contributed by atoms with Crippen LogP contribution in [0.2, 0.25) is 0 Å². The summed E-state index contributed by atoms with van der Waals surface area (Å²) < 4.78 is 0. The van der Waals surface area contributed by atoms with E-state index in [0.29, 0.717) is 13.1 Å². The van der Waals surface area contributed by atoms with Gasteiger partial charge in [0.25, 0.3) is 0 Å². The van der Waals surface area contributed by atoms with Gasteiger partial charge in [0.05, 0.1) is 5.41 Å². The second-order valence-corrected chi connectivity index (χ2v) is 5.62. The van der Waals surface area contributed by atoms with Gasteiger partial charge >= 0.3 is 0 Å². The Kier molecular flexibility index (Phi) is 4.59. The Morgan fingerprint density at radius 1 is 1.32 bits per heavy atom. The second-order valence-electron chi connectivity index (χ2n) is 5.62. The second kappa shape index (κ2) is 6.20. The molecule has 0 atom stereocenters. The highest BCUT2D eigenvalue weighted by molar-refractivity contribution is 5.83. The first-order chi connectivity index (χ1) is 9.18. The molecule has 3 heteroatoms. The summed E-state index contributed by atoms with van der Waals surface area (Å²) in [6.45, 7) is 3.28. The fraction of sp³-hybridized carbons (Fsp3) is 0.562. The van der Waals surface area contributed by atoms with Crippen molar-refractivity contribution in [1.82, 2.24) is 5.32 Å². The van der Waals surface area contributed by atoms with Crippen LogP contribution in [0.3, 0.4) is 0 Å². The van der Waals surface area contributed by atoms with Crippen molar-refractivity contribution in [2.24, 2.45) is 11.1 Å². The minimum atomic E-state index is -0.286. The molecule has 1 aromatic rings. The molecular weight excluding hydrogens is 236 g/mol. The summed E-state index contributed by atoms with van der Waals surface area (Å²) in [5, 5.41) is 3.07. The number of amides is 1. The van der Waals surface area contributed by atoms with E-state index in [4.69, 9.17) is 5.73 Å². The predicted molar refractivity (Wildman–Crippen MR) is 77.8 cm³/mol. The first kappa shape index (κ1) is 14.1. The Morgan fingerprint density at radius 3 is 2.63 bits per heavy atom. The van der Waals surface area contributed by atoms with Crippen molar-refractivity contribution in [3.05, 3.63) is 35.4 Å². The van der Waals surface area contributed by atoms with Gasteiger partial charge in [-0.1, -0.05) is 37.1 Å². The fourth-order valence-corrected chi connectivity index (χ4v) is 2.96. The molecule has 1 aliphatic rings. The van der Waals surface area contributed by atoms with E-state index in [2.05, 4.69) is 24.4 Å². The van der Waals surface area contributed by atoms with Gasteiger partial charge in [0, 0.05) is 13.1 Å². The third kappa shape index (κ3) is 3.16. The van der Waals surface area contributed by atoms with Crippen LogP contribution < -0.4 is 11.1 Å². The van der Waals surface area contributed by atoms with Crippen LogP contribution in [0.15, 0.2) is 24.3 Å². The Hall–Kier alpha value is -1.35. The summed E-state index contributed by atoms with van der Waals surface area (Å²) in [6.07, 6.45) is 5.03. The molecule has 0 aliphatic heterocycles. The third-order valence-electron chi connectivity index (χ3n) is 4.37. The molecule has 0 unspecified atom stereocenters. The SMILES string of the molecule is Cc1ccccc1CCNC(=O)C1(CN)CCCC1. The lowest BCUT2D eigenvalue weighted by Gasteiger charge is -2.25. The summed E-state index contributed by atoms with van der Waals surface area (Å²) in [6, 6.07) is 8.31. The van der Waals surface area contributed by atoms with E-state index < -0.39 is 0 Å². The maximum absolute atomic E-state index is 12.3. The van der Waals surface area contributed by atoms with Crippen LogP contribution in [0.25, 0.3) is 0 Å².